The van der Waals surface area contributed by atoms with Crippen molar-refractivity contribution in [2.24, 2.45) is 0 Å². The summed E-state index contributed by atoms with van der Waals surface area (Å²) in [6.07, 6.45) is 0. The van der Waals surface area contributed by atoms with Crippen molar-refractivity contribution in [1.82, 2.24) is 14.9 Å². The molecule has 5 nitrogen and oxygen atoms in total. The Kier molecular flexibility index (Phi) is 5.54. The highest BCUT2D eigenvalue weighted by Gasteiger charge is 2.12. The molecule has 0 aliphatic rings. The van der Waals surface area contributed by atoms with E-state index in [0.717, 1.165) is 40.4 Å². The maximum Gasteiger partial charge on any atom is 0.268 e. The average Bonchev–Trinajstić information content (AvgIpc) is 3.05. The van der Waals surface area contributed by atoms with Crippen molar-refractivity contribution in [2.75, 3.05) is 20.2 Å². The molecule has 0 spiro atoms. The third kappa shape index (κ3) is 4.03. The maximum atomic E-state index is 12.5. The van der Waals surface area contributed by atoms with Crippen LogP contribution in [0.4, 0.5) is 0 Å². The Hall–Kier alpha value is -2.44. The number of hydrogen-bond acceptors (Lipinski definition) is 5. The molecule has 6 heteroatoms. The summed E-state index contributed by atoms with van der Waals surface area (Å²) in [7, 11) is 1.65. The highest BCUT2D eigenvalue weighted by Crippen LogP contribution is 2.31. The molecular formula is C20H23N3O2S. The number of aromatic amines is 1. The lowest BCUT2D eigenvalue weighted by atomic mass is 10.2. The summed E-state index contributed by atoms with van der Waals surface area (Å²) in [6, 6.07) is 9.79. The molecule has 136 valence electrons. The molecule has 0 saturated heterocycles. The van der Waals surface area contributed by atoms with Gasteiger partial charge < -0.3 is 9.72 Å². The zero-order valence-corrected chi connectivity index (χ0v) is 16.2. The number of thiophene rings is 1. The zero-order chi connectivity index (χ0) is 18.7. The van der Waals surface area contributed by atoms with Gasteiger partial charge in [0.1, 0.15) is 16.3 Å². The van der Waals surface area contributed by atoms with Gasteiger partial charge in [-0.15, -0.1) is 11.3 Å². The minimum atomic E-state index is -0.0823. The van der Waals surface area contributed by atoms with Crippen LogP contribution >= 0.6 is 11.3 Å². The molecule has 1 N–H and O–H groups in total. The van der Waals surface area contributed by atoms with E-state index in [4.69, 9.17) is 4.74 Å². The first kappa shape index (κ1) is 18.4. The number of benzene rings is 1. The Bertz CT molecular complexity index is 973. The summed E-state index contributed by atoms with van der Waals surface area (Å²) in [6.45, 7) is 10.3. The molecule has 0 aliphatic carbocycles. The third-order valence-corrected chi connectivity index (χ3v) is 5.29. The second kappa shape index (κ2) is 7.85. The molecule has 0 saturated carbocycles. The van der Waals surface area contributed by atoms with E-state index in [-0.39, 0.29) is 5.56 Å². The fourth-order valence-electron chi connectivity index (χ4n) is 2.83. The molecule has 3 rings (SSSR count). The number of fused-ring (bicyclic) bond motifs is 1. The van der Waals surface area contributed by atoms with Crippen molar-refractivity contribution in [1.29, 1.82) is 0 Å². The van der Waals surface area contributed by atoms with Crippen LogP contribution in [0.1, 0.15) is 19.7 Å². The highest BCUT2D eigenvalue weighted by atomic mass is 32.1. The molecule has 0 bridgehead atoms. The van der Waals surface area contributed by atoms with Gasteiger partial charge in [-0.1, -0.05) is 19.1 Å². The van der Waals surface area contributed by atoms with E-state index in [1.54, 1.807) is 7.11 Å². The van der Waals surface area contributed by atoms with Crippen LogP contribution in [0.15, 0.2) is 47.3 Å². The van der Waals surface area contributed by atoms with Gasteiger partial charge in [0, 0.05) is 11.4 Å². The van der Waals surface area contributed by atoms with Gasteiger partial charge in [0.25, 0.3) is 5.56 Å². The Balaban J connectivity index is 1.93. The highest BCUT2D eigenvalue weighted by molar-refractivity contribution is 7.22. The summed E-state index contributed by atoms with van der Waals surface area (Å²) in [5.74, 6) is 1.50. The minimum absolute atomic E-state index is 0.0823. The van der Waals surface area contributed by atoms with Crippen LogP contribution in [0.25, 0.3) is 20.7 Å². The Morgan fingerprint density at radius 3 is 2.69 bits per heavy atom. The van der Waals surface area contributed by atoms with Gasteiger partial charge >= 0.3 is 0 Å². The quantitative estimate of drug-likeness (QED) is 0.638. The molecule has 1 aromatic carbocycles. The van der Waals surface area contributed by atoms with Gasteiger partial charge in [-0.25, -0.2) is 4.98 Å². The molecular weight excluding hydrogens is 346 g/mol. The summed E-state index contributed by atoms with van der Waals surface area (Å²) < 4.78 is 5.85. The van der Waals surface area contributed by atoms with Crippen LogP contribution in [-0.4, -0.2) is 35.1 Å². The van der Waals surface area contributed by atoms with Crippen molar-refractivity contribution in [2.45, 2.75) is 20.4 Å². The number of methoxy groups -OCH3 is 1. The molecule has 0 aliphatic heterocycles. The molecule has 3 aromatic rings. The van der Waals surface area contributed by atoms with Crippen molar-refractivity contribution in [3.05, 3.63) is 58.7 Å². The number of rotatable bonds is 7. The molecule has 0 amide bonds. The van der Waals surface area contributed by atoms with Crippen molar-refractivity contribution >= 4 is 21.6 Å². The normalized spacial score (nSPS) is 11.2. The lowest BCUT2D eigenvalue weighted by Crippen LogP contribution is -2.26. The maximum absolute atomic E-state index is 12.5. The minimum Gasteiger partial charge on any atom is -0.497 e. The van der Waals surface area contributed by atoms with Crippen LogP contribution in [0, 0.1) is 0 Å². The van der Waals surface area contributed by atoms with Crippen molar-refractivity contribution in [3.8, 4) is 16.2 Å². The predicted molar refractivity (Wildman–Crippen MR) is 108 cm³/mol. The van der Waals surface area contributed by atoms with Gasteiger partial charge in [0.05, 0.1) is 19.2 Å². The van der Waals surface area contributed by atoms with E-state index in [1.165, 1.54) is 11.3 Å². The van der Waals surface area contributed by atoms with Crippen LogP contribution in [0.5, 0.6) is 5.75 Å². The lowest BCUT2D eigenvalue weighted by molar-refractivity contribution is 0.297. The van der Waals surface area contributed by atoms with Crippen LogP contribution in [0.3, 0.4) is 0 Å². The SMILES string of the molecule is C=C(C)CN(CC)Cc1nc2cc(-c3ccc(OC)cc3)sc2c(=O)[nH]1. The third-order valence-electron chi connectivity index (χ3n) is 4.12. The summed E-state index contributed by atoms with van der Waals surface area (Å²) in [4.78, 5) is 23.3. The fraction of sp³-hybridized carbons (Fsp3) is 0.300. The number of nitrogens with one attached hydrogen (secondary N) is 1. The second-order valence-electron chi connectivity index (χ2n) is 6.33. The van der Waals surface area contributed by atoms with E-state index >= 15 is 0 Å². The van der Waals surface area contributed by atoms with E-state index in [9.17, 15) is 4.79 Å². The zero-order valence-electron chi connectivity index (χ0n) is 15.3. The van der Waals surface area contributed by atoms with Crippen LogP contribution in [-0.2, 0) is 6.54 Å². The molecule has 0 radical (unpaired) electrons. The summed E-state index contributed by atoms with van der Waals surface area (Å²) in [5.41, 5.74) is 2.80. The molecule has 2 heterocycles. The largest absolute Gasteiger partial charge is 0.497 e. The molecule has 26 heavy (non-hydrogen) atoms. The number of hydrogen-bond donors (Lipinski definition) is 1. The number of ether oxygens (including phenoxy) is 1. The molecule has 2 aromatic heterocycles. The topological polar surface area (TPSA) is 58.2 Å². The standard InChI is InChI=1S/C20H23N3O2S/c1-5-23(11-13(2)3)12-18-21-16-10-17(26-19(16)20(24)22-18)14-6-8-15(25-4)9-7-14/h6-10H,2,5,11-12H2,1,3-4H3,(H,21,22,24). The van der Waals surface area contributed by atoms with E-state index in [2.05, 4.69) is 28.4 Å². The van der Waals surface area contributed by atoms with Crippen molar-refractivity contribution in [3.63, 3.8) is 0 Å². The number of H-pyrrole nitrogens is 1. The number of likely N-dealkylation sites (N-methyl/N-ethyl adjacent to an activating group) is 1. The van der Waals surface area contributed by atoms with Gasteiger partial charge in [0.15, 0.2) is 0 Å². The van der Waals surface area contributed by atoms with Crippen molar-refractivity contribution < 1.29 is 4.74 Å². The van der Waals surface area contributed by atoms with Gasteiger partial charge in [-0.2, -0.15) is 0 Å². The molecule has 0 atom stereocenters. The van der Waals surface area contributed by atoms with Gasteiger partial charge in [0.2, 0.25) is 0 Å². The number of nitrogens with zero attached hydrogens (tertiary/aromatic N) is 2. The number of aromatic nitrogens is 2. The smallest absolute Gasteiger partial charge is 0.268 e. The van der Waals surface area contributed by atoms with Gasteiger partial charge in [-0.05, 0) is 49.4 Å². The first-order valence-corrected chi connectivity index (χ1v) is 9.35. The average molecular weight is 369 g/mol. The first-order chi connectivity index (χ1) is 12.5. The van der Waals surface area contributed by atoms with E-state index in [1.807, 2.05) is 37.3 Å². The Morgan fingerprint density at radius 1 is 1.35 bits per heavy atom. The first-order valence-electron chi connectivity index (χ1n) is 8.54. The summed E-state index contributed by atoms with van der Waals surface area (Å²) in [5, 5.41) is 0. The van der Waals surface area contributed by atoms with Crippen LogP contribution in [0.2, 0.25) is 0 Å². The second-order valence-corrected chi connectivity index (χ2v) is 7.38. The monoisotopic (exact) mass is 369 g/mol. The predicted octanol–water partition coefficient (Wildman–Crippen LogP) is 4.06. The Morgan fingerprint density at radius 2 is 2.08 bits per heavy atom. The van der Waals surface area contributed by atoms with Gasteiger partial charge in [-0.3, -0.25) is 9.69 Å². The lowest BCUT2D eigenvalue weighted by Gasteiger charge is -2.19. The van der Waals surface area contributed by atoms with Crippen LogP contribution < -0.4 is 10.3 Å². The van der Waals surface area contributed by atoms with E-state index in [0.29, 0.717) is 17.1 Å². The van der Waals surface area contributed by atoms with E-state index < -0.39 is 0 Å². The summed E-state index contributed by atoms with van der Waals surface area (Å²) >= 11 is 1.46. The Labute approximate surface area is 157 Å². The molecule has 0 fully saturated rings. The fourth-order valence-corrected chi connectivity index (χ4v) is 3.83. The molecule has 0 unspecified atom stereocenters.